The smallest absolute Gasteiger partial charge is 0.0225 e. The number of aromatic nitrogens is 1. The molecule has 2 heterocycles. The lowest BCUT2D eigenvalue weighted by Gasteiger charge is -2.13. The minimum atomic E-state index is 0.512. The minimum Gasteiger partial charge on any atom is -0.349 e. The molecule has 0 saturated heterocycles. The molecule has 1 N–H and O–H groups in total. The number of thiophene rings is 1. The first kappa shape index (κ1) is 15.3. The fourth-order valence-corrected chi connectivity index (χ4v) is 3.81. The van der Waals surface area contributed by atoms with Crippen LogP contribution >= 0.6 is 11.3 Å². The molecule has 0 aromatic carbocycles. The summed E-state index contributed by atoms with van der Waals surface area (Å²) >= 11 is 1.91. The van der Waals surface area contributed by atoms with Crippen LogP contribution in [-0.2, 0) is 19.5 Å². The Morgan fingerprint density at radius 2 is 2.00 bits per heavy atom. The lowest BCUT2D eigenvalue weighted by atomic mass is 10.2. The monoisotopic (exact) mass is 290 g/mol. The molecule has 0 fully saturated rings. The van der Waals surface area contributed by atoms with Crippen LogP contribution in [0.25, 0.3) is 0 Å². The van der Waals surface area contributed by atoms with Gasteiger partial charge in [-0.1, -0.05) is 0 Å². The van der Waals surface area contributed by atoms with Crippen molar-refractivity contribution in [1.82, 2.24) is 9.88 Å². The maximum absolute atomic E-state index is 3.66. The van der Waals surface area contributed by atoms with Crippen molar-refractivity contribution in [3.05, 3.63) is 44.9 Å². The van der Waals surface area contributed by atoms with E-state index in [1.54, 1.807) is 0 Å². The van der Waals surface area contributed by atoms with E-state index in [1.807, 2.05) is 11.3 Å². The molecule has 0 aliphatic rings. The maximum Gasteiger partial charge on any atom is 0.0225 e. The fourth-order valence-electron chi connectivity index (χ4n) is 2.79. The van der Waals surface area contributed by atoms with Gasteiger partial charge in [0.05, 0.1) is 0 Å². The third-order valence-corrected chi connectivity index (χ3v) is 4.96. The molecule has 0 radical (unpaired) electrons. The molecule has 2 rings (SSSR count). The van der Waals surface area contributed by atoms with Gasteiger partial charge in [0.15, 0.2) is 0 Å². The lowest BCUT2D eigenvalue weighted by molar-refractivity contribution is 0.546. The van der Waals surface area contributed by atoms with Gasteiger partial charge >= 0.3 is 0 Å². The van der Waals surface area contributed by atoms with E-state index in [0.717, 1.165) is 19.5 Å². The lowest BCUT2D eigenvalue weighted by Crippen LogP contribution is -2.27. The summed E-state index contributed by atoms with van der Waals surface area (Å²) in [5.74, 6) is 0. The van der Waals surface area contributed by atoms with Gasteiger partial charge in [0, 0.05) is 40.3 Å². The molecule has 0 saturated carbocycles. The summed E-state index contributed by atoms with van der Waals surface area (Å²) in [5, 5.41) is 3.66. The number of nitrogens with zero attached hydrogens (tertiary/aromatic N) is 1. The van der Waals surface area contributed by atoms with Crippen LogP contribution in [0.3, 0.4) is 0 Å². The predicted molar refractivity (Wildman–Crippen MR) is 88.6 cm³/mol. The summed E-state index contributed by atoms with van der Waals surface area (Å²) in [4.78, 5) is 2.88. The Labute approximate surface area is 126 Å². The SMILES string of the molecule is CCn1c(C)cc(CNC(C)Cc2ccc(C)s2)c1C. The van der Waals surface area contributed by atoms with Crippen LogP contribution in [0.5, 0.6) is 0 Å². The Hall–Kier alpha value is -1.06. The quantitative estimate of drug-likeness (QED) is 0.843. The summed E-state index contributed by atoms with van der Waals surface area (Å²) in [7, 11) is 0. The van der Waals surface area contributed by atoms with E-state index in [1.165, 1.54) is 26.7 Å². The second-order valence-electron chi connectivity index (χ2n) is 5.64. The Kier molecular flexibility index (Phi) is 5.06. The van der Waals surface area contributed by atoms with Crippen molar-refractivity contribution >= 4 is 11.3 Å². The Bertz CT molecular complexity index is 566. The van der Waals surface area contributed by atoms with Crippen molar-refractivity contribution in [1.29, 1.82) is 0 Å². The number of hydrogen-bond acceptors (Lipinski definition) is 2. The molecule has 1 atom stereocenters. The van der Waals surface area contributed by atoms with Crippen LogP contribution in [0, 0.1) is 20.8 Å². The van der Waals surface area contributed by atoms with Gasteiger partial charge in [-0.25, -0.2) is 0 Å². The van der Waals surface area contributed by atoms with Crippen LogP contribution in [0.15, 0.2) is 18.2 Å². The van der Waals surface area contributed by atoms with E-state index in [-0.39, 0.29) is 0 Å². The zero-order valence-electron chi connectivity index (χ0n) is 13.3. The van der Waals surface area contributed by atoms with Gasteiger partial charge in [-0.05, 0) is 64.8 Å². The molecule has 3 heteroatoms. The van der Waals surface area contributed by atoms with Crippen LogP contribution in [0.2, 0.25) is 0 Å². The topological polar surface area (TPSA) is 17.0 Å². The largest absolute Gasteiger partial charge is 0.349 e. The highest BCUT2D eigenvalue weighted by Gasteiger charge is 2.10. The molecular weight excluding hydrogens is 264 g/mol. The van der Waals surface area contributed by atoms with Crippen molar-refractivity contribution in [3.63, 3.8) is 0 Å². The molecule has 110 valence electrons. The second-order valence-corrected chi connectivity index (χ2v) is 7.01. The van der Waals surface area contributed by atoms with Crippen LogP contribution in [-0.4, -0.2) is 10.6 Å². The molecule has 2 aromatic rings. The molecule has 2 aromatic heterocycles. The third-order valence-electron chi connectivity index (χ3n) is 3.94. The minimum absolute atomic E-state index is 0.512. The molecule has 0 aliphatic heterocycles. The zero-order chi connectivity index (χ0) is 14.7. The Balaban J connectivity index is 1.91. The van der Waals surface area contributed by atoms with E-state index < -0.39 is 0 Å². The highest BCUT2D eigenvalue weighted by atomic mass is 32.1. The van der Waals surface area contributed by atoms with Gasteiger partial charge in [0.25, 0.3) is 0 Å². The Morgan fingerprint density at radius 1 is 1.25 bits per heavy atom. The molecule has 0 amide bonds. The summed E-state index contributed by atoms with van der Waals surface area (Å²) in [6.07, 6.45) is 1.12. The summed E-state index contributed by atoms with van der Waals surface area (Å²) in [6.45, 7) is 13.1. The average Bonchev–Trinajstić information content (AvgIpc) is 2.91. The summed E-state index contributed by atoms with van der Waals surface area (Å²) in [6, 6.07) is 7.29. The van der Waals surface area contributed by atoms with Gasteiger partial charge in [-0.3, -0.25) is 0 Å². The highest BCUT2D eigenvalue weighted by Crippen LogP contribution is 2.18. The van der Waals surface area contributed by atoms with Crippen LogP contribution in [0.4, 0.5) is 0 Å². The molecular formula is C17H26N2S. The Morgan fingerprint density at radius 3 is 2.55 bits per heavy atom. The van der Waals surface area contributed by atoms with Crippen molar-refractivity contribution in [2.75, 3.05) is 0 Å². The molecule has 1 unspecified atom stereocenters. The van der Waals surface area contributed by atoms with E-state index in [2.05, 4.69) is 62.7 Å². The molecule has 0 spiro atoms. The maximum atomic E-state index is 3.66. The standard InChI is InChI=1S/C17H26N2S/c1-6-19-13(3)10-16(15(19)5)11-18-12(2)9-17-8-7-14(4)20-17/h7-8,10,12,18H,6,9,11H2,1-5H3. The molecule has 0 aliphatic carbocycles. The summed E-state index contributed by atoms with van der Waals surface area (Å²) in [5.41, 5.74) is 4.19. The van der Waals surface area contributed by atoms with E-state index in [9.17, 15) is 0 Å². The number of nitrogens with one attached hydrogen (secondary N) is 1. The first-order valence-corrected chi connectivity index (χ1v) is 8.27. The van der Waals surface area contributed by atoms with Gasteiger partial charge in [0.1, 0.15) is 0 Å². The summed E-state index contributed by atoms with van der Waals surface area (Å²) < 4.78 is 2.38. The second kappa shape index (κ2) is 6.59. The van der Waals surface area contributed by atoms with Gasteiger partial charge in [0.2, 0.25) is 0 Å². The van der Waals surface area contributed by atoms with Crippen LogP contribution in [0.1, 0.15) is 40.6 Å². The van der Waals surface area contributed by atoms with Crippen molar-refractivity contribution in [2.24, 2.45) is 0 Å². The van der Waals surface area contributed by atoms with Crippen LogP contribution < -0.4 is 5.32 Å². The van der Waals surface area contributed by atoms with Crippen molar-refractivity contribution in [2.45, 2.75) is 60.2 Å². The zero-order valence-corrected chi connectivity index (χ0v) is 14.1. The number of aryl methyl sites for hydroxylation is 2. The van der Waals surface area contributed by atoms with Gasteiger partial charge in [-0.2, -0.15) is 0 Å². The van der Waals surface area contributed by atoms with E-state index in [4.69, 9.17) is 0 Å². The van der Waals surface area contributed by atoms with Crippen molar-refractivity contribution < 1.29 is 0 Å². The normalized spacial score (nSPS) is 12.8. The first-order valence-electron chi connectivity index (χ1n) is 7.45. The van der Waals surface area contributed by atoms with E-state index >= 15 is 0 Å². The van der Waals surface area contributed by atoms with Gasteiger partial charge in [-0.15, -0.1) is 11.3 Å². The van der Waals surface area contributed by atoms with Gasteiger partial charge < -0.3 is 9.88 Å². The van der Waals surface area contributed by atoms with E-state index in [0.29, 0.717) is 6.04 Å². The first-order chi connectivity index (χ1) is 9.51. The fraction of sp³-hybridized carbons (Fsp3) is 0.529. The average molecular weight is 290 g/mol. The highest BCUT2D eigenvalue weighted by molar-refractivity contribution is 7.11. The number of hydrogen-bond donors (Lipinski definition) is 1. The molecule has 20 heavy (non-hydrogen) atoms. The molecule has 2 nitrogen and oxygen atoms in total. The number of rotatable bonds is 6. The third kappa shape index (κ3) is 3.53. The molecule has 0 bridgehead atoms. The van der Waals surface area contributed by atoms with Crippen molar-refractivity contribution in [3.8, 4) is 0 Å². The predicted octanol–water partition coefficient (Wildman–Crippen LogP) is 4.22.